The minimum Gasteiger partial charge on any atom is -0.473 e. The Labute approximate surface area is 138 Å². The lowest BCUT2D eigenvalue weighted by Crippen LogP contribution is -2.38. The summed E-state index contributed by atoms with van der Waals surface area (Å²) in [7, 11) is 0. The van der Waals surface area contributed by atoms with Gasteiger partial charge < -0.3 is 9.64 Å². The molecular weight excluding hydrogens is 286 g/mol. The first kappa shape index (κ1) is 15.9. The van der Waals surface area contributed by atoms with Crippen LogP contribution in [0.15, 0.2) is 42.7 Å². The van der Waals surface area contributed by atoms with Gasteiger partial charge in [0.25, 0.3) is 0 Å². The molecule has 1 aliphatic heterocycles. The van der Waals surface area contributed by atoms with Crippen molar-refractivity contribution >= 4 is 0 Å². The fourth-order valence-electron chi connectivity index (χ4n) is 3.07. The number of ether oxygens (including phenoxy) is 1. The number of hydrogen-bond acceptors (Lipinski definition) is 4. The van der Waals surface area contributed by atoms with Gasteiger partial charge in [0, 0.05) is 19.3 Å². The van der Waals surface area contributed by atoms with Crippen molar-refractivity contribution in [2.75, 3.05) is 19.6 Å². The molecule has 23 heavy (non-hydrogen) atoms. The number of aromatic nitrogens is 2. The number of rotatable bonds is 6. The minimum absolute atomic E-state index is 0.275. The number of piperidine rings is 1. The van der Waals surface area contributed by atoms with Crippen LogP contribution in [0.4, 0.5) is 0 Å². The summed E-state index contributed by atoms with van der Waals surface area (Å²) in [5.74, 6) is 0.660. The van der Waals surface area contributed by atoms with Crippen LogP contribution in [0.25, 0.3) is 0 Å². The fraction of sp³-hybridized carbons (Fsp3) is 0.474. The van der Waals surface area contributed by atoms with Gasteiger partial charge in [0.2, 0.25) is 5.88 Å². The molecule has 1 aliphatic rings. The third kappa shape index (κ3) is 5.03. The molecule has 0 bridgehead atoms. The number of hydrogen-bond donors (Lipinski definition) is 0. The van der Waals surface area contributed by atoms with E-state index in [1.54, 1.807) is 12.4 Å². The van der Waals surface area contributed by atoms with E-state index < -0.39 is 0 Å². The highest BCUT2D eigenvalue weighted by molar-refractivity contribution is 5.14. The Morgan fingerprint density at radius 2 is 1.91 bits per heavy atom. The molecule has 1 saturated heterocycles. The molecule has 1 fully saturated rings. The number of benzene rings is 1. The standard InChI is InChI=1S/C19H25N3O/c1-16-14-20-15-19(21-16)23-18-9-12-22(13-10-18)11-5-8-17-6-3-2-4-7-17/h2-4,6-7,14-15,18H,5,8-13H2,1H3. The van der Waals surface area contributed by atoms with Gasteiger partial charge in [-0.05, 0) is 44.7 Å². The Bertz CT molecular complexity index is 595. The lowest BCUT2D eigenvalue weighted by atomic mass is 10.1. The van der Waals surface area contributed by atoms with Crippen molar-refractivity contribution in [3.8, 4) is 5.88 Å². The van der Waals surface area contributed by atoms with Gasteiger partial charge in [-0.25, -0.2) is 4.98 Å². The summed E-state index contributed by atoms with van der Waals surface area (Å²) in [4.78, 5) is 11.1. The monoisotopic (exact) mass is 311 g/mol. The van der Waals surface area contributed by atoms with Gasteiger partial charge in [0.15, 0.2) is 0 Å². The quantitative estimate of drug-likeness (QED) is 0.821. The molecule has 0 atom stereocenters. The molecule has 0 N–H and O–H groups in total. The first-order chi connectivity index (χ1) is 11.3. The summed E-state index contributed by atoms with van der Waals surface area (Å²) in [6, 6.07) is 10.7. The summed E-state index contributed by atoms with van der Waals surface area (Å²) < 4.78 is 5.96. The average Bonchev–Trinajstić information content (AvgIpc) is 2.58. The van der Waals surface area contributed by atoms with Crippen molar-refractivity contribution < 1.29 is 4.74 Å². The van der Waals surface area contributed by atoms with E-state index in [-0.39, 0.29) is 6.10 Å². The Morgan fingerprint density at radius 3 is 2.65 bits per heavy atom. The van der Waals surface area contributed by atoms with Crippen LogP contribution < -0.4 is 4.74 Å². The van der Waals surface area contributed by atoms with Crippen LogP contribution in [0.3, 0.4) is 0 Å². The van der Waals surface area contributed by atoms with E-state index in [4.69, 9.17) is 4.74 Å². The molecular formula is C19H25N3O. The van der Waals surface area contributed by atoms with Crippen molar-refractivity contribution in [1.29, 1.82) is 0 Å². The highest BCUT2D eigenvalue weighted by Crippen LogP contribution is 2.17. The van der Waals surface area contributed by atoms with E-state index in [0.29, 0.717) is 5.88 Å². The molecule has 4 nitrogen and oxygen atoms in total. The molecule has 0 radical (unpaired) electrons. The number of likely N-dealkylation sites (tertiary alicyclic amines) is 1. The minimum atomic E-state index is 0.275. The third-order valence-electron chi connectivity index (χ3n) is 4.34. The summed E-state index contributed by atoms with van der Waals surface area (Å²) in [6.07, 6.45) is 8.26. The second-order valence-electron chi connectivity index (χ2n) is 6.25. The van der Waals surface area contributed by atoms with Crippen LogP contribution in [0.2, 0.25) is 0 Å². The maximum absolute atomic E-state index is 5.96. The maximum Gasteiger partial charge on any atom is 0.232 e. The first-order valence-electron chi connectivity index (χ1n) is 8.51. The van der Waals surface area contributed by atoms with E-state index in [1.807, 2.05) is 6.92 Å². The highest BCUT2D eigenvalue weighted by Gasteiger charge is 2.20. The molecule has 122 valence electrons. The second-order valence-corrected chi connectivity index (χ2v) is 6.25. The first-order valence-corrected chi connectivity index (χ1v) is 8.51. The zero-order valence-corrected chi connectivity index (χ0v) is 13.8. The van der Waals surface area contributed by atoms with Crippen molar-refractivity contribution in [2.45, 2.75) is 38.7 Å². The highest BCUT2D eigenvalue weighted by atomic mass is 16.5. The van der Waals surface area contributed by atoms with E-state index in [0.717, 1.165) is 38.0 Å². The van der Waals surface area contributed by atoms with Crippen LogP contribution >= 0.6 is 0 Å². The molecule has 0 saturated carbocycles. The van der Waals surface area contributed by atoms with Crippen molar-refractivity contribution in [3.63, 3.8) is 0 Å². The van der Waals surface area contributed by atoms with Gasteiger partial charge in [-0.3, -0.25) is 4.98 Å². The zero-order valence-electron chi connectivity index (χ0n) is 13.8. The SMILES string of the molecule is Cc1cncc(OC2CCN(CCCc3ccccc3)CC2)n1. The second kappa shape index (κ2) is 8.06. The molecule has 3 rings (SSSR count). The van der Waals surface area contributed by atoms with E-state index in [9.17, 15) is 0 Å². The molecule has 0 amide bonds. The molecule has 2 aromatic rings. The van der Waals surface area contributed by atoms with Gasteiger partial charge in [0.1, 0.15) is 6.10 Å². The molecule has 2 heterocycles. The van der Waals surface area contributed by atoms with E-state index in [1.165, 1.54) is 18.5 Å². The summed E-state index contributed by atoms with van der Waals surface area (Å²) >= 11 is 0. The normalized spacial score (nSPS) is 16.4. The molecule has 4 heteroatoms. The lowest BCUT2D eigenvalue weighted by molar-refractivity contribution is 0.0958. The van der Waals surface area contributed by atoms with Crippen LogP contribution in [-0.4, -0.2) is 40.6 Å². The predicted molar refractivity (Wildman–Crippen MR) is 91.6 cm³/mol. The molecule has 0 unspecified atom stereocenters. The topological polar surface area (TPSA) is 38.2 Å². The Balaban J connectivity index is 1.37. The Kier molecular flexibility index (Phi) is 5.59. The van der Waals surface area contributed by atoms with Crippen molar-refractivity contribution in [1.82, 2.24) is 14.9 Å². The van der Waals surface area contributed by atoms with Crippen LogP contribution in [-0.2, 0) is 6.42 Å². The maximum atomic E-state index is 5.96. The molecule has 0 aliphatic carbocycles. The Morgan fingerprint density at radius 1 is 1.13 bits per heavy atom. The average molecular weight is 311 g/mol. The van der Waals surface area contributed by atoms with Gasteiger partial charge in [-0.2, -0.15) is 0 Å². The third-order valence-corrected chi connectivity index (χ3v) is 4.34. The van der Waals surface area contributed by atoms with Gasteiger partial charge >= 0.3 is 0 Å². The number of aryl methyl sites for hydroxylation is 2. The summed E-state index contributed by atoms with van der Waals surface area (Å²) in [6.45, 7) is 5.33. The molecule has 1 aromatic heterocycles. The van der Waals surface area contributed by atoms with Gasteiger partial charge in [-0.1, -0.05) is 30.3 Å². The summed E-state index contributed by atoms with van der Waals surface area (Å²) in [5, 5.41) is 0. The van der Waals surface area contributed by atoms with Crippen LogP contribution in [0.5, 0.6) is 5.88 Å². The fourth-order valence-corrected chi connectivity index (χ4v) is 3.07. The number of nitrogens with zero attached hydrogens (tertiary/aromatic N) is 3. The predicted octanol–water partition coefficient (Wildman–Crippen LogP) is 3.26. The Hall–Kier alpha value is -1.94. The van der Waals surface area contributed by atoms with Crippen molar-refractivity contribution in [3.05, 3.63) is 54.0 Å². The lowest BCUT2D eigenvalue weighted by Gasteiger charge is -2.31. The summed E-state index contributed by atoms with van der Waals surface area (Å²) in [5.41, 5.74) is 2.34. The zero-order chi connectivity index (χ0) is 15.9. The van der Waals surface area contributed by atoms with E-state index >= 15 is 0 Å². The van der Waals surface area contributed by atoms with Gasteiger partial charge in [0.05, 0.1) is 11.9 Å². The van der Waals surface area contributed by atoms with Crippen LogP contribution in [0.1, 0.15) is 30.5 Å². The smallest absolute Gasteiger partial charge is 0.232 e. The largest absolute Gasteiger partial charge is 0.473 e. The molecule has 0 spiro atoms. The molecule has 1 aromatic carbocycles. The van der Waals surface area contributed by atoms with Crippen LogP contribution in [0, 0.1) is 6.92 Å². The van der Waals surface area contributed by atoms with Gasteiger partial charge in [-0.15, -0.1) is 0 Å². The van der Waals surface area contributed by atoms with E-state index in [2.05, 4.69) is 45.2 Å². The van der Waals surface area contributed by atoms with Crippen molar-refractivity contribution in [2.24, 2.45) is 0 Å².